The number of rotatable bonds is 6. The van der Waals surface area contributed by atoms with E-state index in [0.717, 1.165) is 56.7 Å². The van der Waals surface area contributed by atoms with Crippen LogP contribution >= 0.6 is 11.6 Å². The Balaban J connectivity index is 0.000000493. The molecule has 2 aliphatic heterocycles. The van der Waals surface area contributed by atoms with Crippen molar-refractivity contribution in [2.75, 3.05) is 33.2 Å². The maximum Gasteiger partial charge on any atom is 0.490 e. The van der Waals surface area contributed by atoms with E-state index < -0.39 is 18.0 Å². The number of hydrogen-bond acceptors (Lipinski definition) is 5. The molecule has 220 valence electrons. The number of fused-ring (bicyclic) bond motifs is 1. The van der Waals surface area contributed by atoms with Crippen molar-refractivity contribution in [2.24, 2.45) is 0 Å². The van der Waals surface area contributed by atoms with E-state index in [2.05, 4.69) is 58.6 Å². The van der Waals surface area contributed by atoms with Gasteiger partial charge in [-0.2, -0.15) is 13.2 Å². The number of likely N-dealkylation sites (N-methyl/N-ethyl adjacent to an activating group) is 1. The van der Waals surface area contributed by atoms with Gasteiger partial charge in [0.2, 0.25) is 0 Å². The lowest BCUT2D eigenvalue weighted by Gasteiger charge is -2.20. The van der Waals surface area contributed by atoms with Gasteiger partial charge in [-0.05, 0) is 55.1 Å². The van der Waals surface area contributed by atoms with Crippen LogP contribution in [0, 0.1) is 5.82 Å². The first-order chi connectivity index (χ1) is 19.4. The summed E-state index contributed by atoms with van der Waals surface area (Å²) < 4.78 is 51.8. The zero-order valence-electron chi connectivity index (χ0n) is 22.3. The molecule has 0 radical (unpaired) electrons. The van der Waals surface area contributed by atoms with Gasteiger partial charge in [-0.3, -0.25) is 9.69 Å². The van der Waals surface area contributed by atoms with Gasteiger partial charge in [0, 0.05) is 49.7 Å². The molecular formula is C29H30ClF4N3O4. The van der Waals surface area contributed by atoms with Crippen LogP contribution in [0.2, 0.25) is 5.02 Å². The van der Waals surface area contributed by atoms with Crippen LogP contribution in [0.4, 0.5) is 17.6 Å². The molecular weight excluding hydrogens is 566 g/mol. The quantitative estimate of drug-likeness (QED) is 0.374. The fourth-order valence-corrected chi connectivity index (χ4v) is 5.10. The monoisotopic (exact) mass is 595 g/mol. The Hall–Kier alpha value is -3.41. The normalized spacial score (nSPS) is 19.6. The Morgan fingerprint density at radius 3 is 2.39 bits per heavy atom. The number of ether oxygens (including phenoxy) is 1. The molecule has 1 amide bonds. The van der Waals surface area contributed by atoms with Crippen LogP contribution in [-0.2, 0) is 11.3 Å². The molecule has 1 unspecified atom stereocenters. The SMILES string of the molecule is CN1CCC(Oc2ccc(CN3CC[C@H](NC(=O)c4ccc(Cl)c(F)c4)C3)c3ccccc23)C1.O=C(O)C(F)(F)F. The molecule has 7 nitrogen and oxygen atoms in total. The second kappa shape index (κ2) is 13.1. The van der Waals surface area contributed by atoms with Crippen LogP contribution in [0.15, 0.2) is 54.6 Å². The average molecular weight is 596 g/mol. The summed E-state index contributed by atoms with van der Waals surface area (Å²) in [4.78, 5) is 26.1. The largest absolute Gasteiger partial charge is 0.490 e. The van der Waals surface area contributed by atoms with E-state index in [0.29, 0.717) is 0 Å². The second-order valence-electron chi connectivity index (χ2n) is 10.2. The highest BCUT2D eigenvalue weighted by Gasteiger charge is 2.38. The van der Waals surface area contributed by atoms with Crippen LogP contribution in [0.1, 0.15) is 28.8 Å². The van der Waals surface area contributed by atoms with Gasteiger partial charge >= 0.3 is 12.1 Å². The van der Waals surface area contributed by atoms with Gasteiger partial charge in [0.25, 0.3) is 5.91 Å². The predicted octanol–water partition coefficient (Wildman–Crippen LogP) is 5.35. The number of carbonyl (C=O) groups is 2. The first kappa shape index (κ1) is 30.5. The average Bonchev–Trinajstić information content (AvgIpc) is 3.54. The number of hydrogen-bond donors (Lipinski definition) is 2. The summed E-state index contributed by atoms with van der Waals surface area (Å²) in [5.41, 5.74) is 1.54. The second-order valence-corrected chi connectivity index (χ2v) is 10.6. The highest BCUT2D eigenvalue weighted by molar-refractivity contribution is 6.30. The molecule has 0 bridgehead atoms. The number of nitrogens with zero attached hydrogens (tertiary/aromatic N) is 2. The zero-order chi connectivity index (χ0) is 29.7. The lowest BCUT2D eigenvalue weighted by atomic mass is 10.0. The maximum atomic E-state index is 13.7. The minimum absolute atomic E-state index is 0.0165. The number of amides is 1. The molecule has 12 heteroatoms. The van der Waals surface area contributed by atoms with Crippen molar-refractivity contribution in [2.45, 2.75) is 37.7 Å². The van der Waals surface area contributed by atoms with Gasteiger partial charge in [-0.1, -0.05) is 41.9 Å². The van der Waals surface area contributed by atoms with Crippen LogP contribution in [0.3, 0.4) is 0 Å². The molecule has 0 saturated carbocycles. The highest BCUT2D eigenvalue weighted by atomic mass is 35.5. The van der Waals surface area contributed by atoms with Crippen molar-refractivity contribution in [1.82, 2.24) is 15.1 Å². The third kappa shape index (κ3) is 8.08. The maximum absolute atomic E-state index is 13.7. The van der Waals surface area contributed by atoms with Crippen molar-refractivity contribution < 1.29 is 37.0 Å². The first-order valence-corrected chi connectivity index (χ1v) is 13.4. The summed E-state index contributed by atoms with van der Waals surface area (Å²) in [5, 5.41) is 12.5. The number of carboxylic acids is 1. The molecule has 0 aromatic heterocycles. The number of benzene rings is 3. The van der Waals surface area contributed by atoms with Crippen molar-refractivity contribution in [3.8, 4) is 5.75 Å². The summed E-state index contributed by atoms with van der Waals surface area (Å²) in [6.07, 6.45) is -2.94. The fourth-order valence-electron chi connectivity index (χ4n) is 4.99. The molecule has 5 rings (SSSR count). The molecule has 3 aromatic carbocycles. The first-order valence-electron chi connectivity index (χ1n) is 13.0. The van der Waals surface area contributed by atoms with Gasteiger partial charge < -0.3 is 20.1 Å². The number of likely N-dealkylation sites (tertiary alicyclic amines) is 2. The van der Waals surface area contributed by atoms with E-state index in [1.165, 1.54) is 23.1 Å². The van der Waals surface area contributed by atoms with Crippen molar-refractivity contribution in [3.05, 3.63) is 76.6 Å². The molecule has 2 heterocycles. The Labute approximate surface area is 239 Å². The lowest BCUT2D eigenvalue weighted by Crippen LogP contribution is -2.37. The molecule has 2 N–H and O–H groups in total. The van der Waals surface area contributed by atoms with Crippen LogP contribution in [0.25, 0.3) is 10.8 Å². The number of aliphatic carboxylic acids is 1. The molecule has 0 aliphatic carbocycles. The highest BCUT2D eigenvalue weighted by Crippen LogP contribution is 2.31. The van der Waals surface area contributed by atoms with E-state index in [1.54, 1.807) is 6.07 Å². The summed E-state index contributed by atoms with van der Waals surface area (Å²) >= 11 is 5.73. The summed E-state index contributed by atoms with van der Waals surface area (Å²) in [5.74, 6) is -2.66. The van der Waals surface area contributed by atoms with Gasteiger partial charge in [0.15, 0.2) is 0 Å². The Morgan fingerprint density at radius 2 is 1.76 bits per heavy atom. The molecule has 2 aliphatic rings. The van der Waals surface area contributed by atoms with E-state index in [1.807, 2.05) is 0 Å². The molecule has 2 atom stereocenters. The number of alkyl halides is 3. The Kier molecular flexibility index (Phi) is 9.72. The van der Waals surface area contributed by atoms with Crippen LogP contribution in [-0.4, -0.2) is 78.3 Å². The van der Waals surface area contributed by atoms with E-state index in [-0.39, 0.29) is 28.6 Å². The molecule has 2 fully saturated rings. The number of nitrogens with one attached hydrogen (secondary N) is 1. The van der Waals surface area contributed by atoms with E-state index >= 15 is 0 Å². The summed E-state index contributed by atoms with van der Waals surface area (Å²) in [6, 6.07) is 16.8. The number of carbonyl (C=O) groups excluding carboxylic acids is 1. The minimum atomic E-state index is -5.08. The number of halogens is 5. The standard InChI is InChI=1S/C27H29ClFN3O2.C2HF3O2/c1-31-12-11-21(17-31)34-26-9-7-19(22-4-2-3-5-23(22)26)15-32-13-10-20(16-32)30-27(33)18-6-8-24(28)25(29)14-18;3-2(4,5)1(6)7/h2-9,14,20-21H,10-13,15-17H2,1H3,(H,30,33);(H,6,7)/t20-,21?;/m0./s1. The van der Waals surface area contributed by atoms with Gasteiger partial charge in [0.05, 0.1) is 5.02 Å². The van der Waals surface area contributed by atoms with Gasteiger partial charge in [0.1, 0.15) is 17.7 Å². The smallest absolute Gasteiger partial charge is 0.488 e. The number of carboxylic acid groups (broad SMARTS) is 1. The Morgan fingerprint density at radius 1 is 1.05 bits per heavy atom. The van der Waals surface area contributed by atoms with Gasteiger partial charge in [-0.25, -0.2) is 9.18 Å². The van der Waals surface area contributed by atoms with Gasteiger partial charge in [-0.15, -0.1) is 0 Å². The third-order valence-electron chi connectivity index (χ3n) is 7.04. The third-order valence-corrected chi connectivity index (χ3v) is 7.35. The lowest BCUT2D eigenvalue weighted by molar-refractivity contribution is -0.192. The topological polar surface area (TPSA) is 82.1 Å². The molecule has 41 heavy (non-hydrogen) atoms. The predicted molar refractivity (Wildman–Crippen MR) is 147 cm³/mol. The van der Waals surface area contributed by atoms with E-state index in [4.69, 9.17) is 26.2 Å². The Bertz CT molecular complexity index is 1400. The molecule has 3 aromatic rings. The fraction of sp³-hybridized carbons (Fsp3) is 0.379. The van der Waals surface area contributed by atoms with Crippen molar-refractivity contribution >= 4 is 34.2 Å². The van der Waals surface area contributed by atoms with Crippen LogP contribution in [0.5, 0.6) is 5.75 Å². The minimum Gasteiger partial charge on any atom is -0.488 e. The summed E-state index contributed by atoms with van der Waals surface area (Å²) in [7, 11) is 2.13. The van der Waals surface area contributed by atoms with E-state index in [9.17, 15) is 22.4 Å². The van der Waals surface area contributed by atoms with Crippen molar-refractivity contribution in [3.63, 3.8) is 0 Å². The molecule has 0 spiro atoms. The summed E-state index contributed by atoms with van der Waals surface area (Å²) in [6.45, 7) is 4.47. The molecule has 2 saturated heterocycles. The zero-order valence-corrected chi connectivity index (χ0v) is 23.0. The van der Waals surface area contributed by atoms with Crippen LogP contribution < -0.4 is 10.1 Å². The van der Waals surface area contributed by atoms with Crippen molar-refractivity contribution in [1.29, 1.82) is 0 Å².